The SMILES string of the molecule is CN=C(NCCCOC)NCc1ccc(N(C)C)cc1. The fraction of sp³-hybridized carbons (Fsp3) is 0.533. The Balaban J connectivity index is 2.36. The first-order chi connectivity index (χ1) is 9.67. The summed E-state index contributed by atoms with van der Waals surface area (Å²) in [5.41, 5.74) is 2.44. The molecule has 1 aromatic rings. The van der Waals surface area contributed by atoms with Crippen molar-refractivity contribution < 1.29 is 4.74 Å². The molecule has 0 saturated carbocycles. The minimum atomic E-state index is 0.760. The number of anilines is 1. The molecule has 0 fully saturated rings. The number of hydrogen-bond donors (Lipinski definition) is 2. The molecule has 0 aliphatic carbocycles. The molecule has 0 heterocycles. The summed E-state index contributed by atoms with van der Waals surface area (Å²) < 4.78 is 5.01. The van der Waals surface area contributed by atoms with Crippen LogP contribution in [0.3, 0.4) is 0 Å². The van der Waals surface area contributed by atoms with Gasteiger partial charge in [0.2, 0.25) is 0 Å². The van der Waals surface area contributed by atoms with Gasteiger partial charge in [0.1, 0.15) is 0 Å². The molecular formula is C15H26N4O. The first kappa shape index (κ1) is 16.3. The van der Waals surface area contributed by atoms with Crippen molar-refractivity contribution >= 4 is 11.6 Å². The Bertz CT molecular complexity index is 401. The van der Waals surface area contributed by atoms with Crippen LogP contribution in [-0.4, -0.2) is 47.4 Å². The molecule has 0 spiro atoms. The Morgan fingerprint density at radius 2 is 1.90 bits per heavy atom. The van der Waals surface area contributed by atoms with Crippen LogP contribution in [0.4, 0.5) is 5.69 Å². The molecule has 0 atom stereocenters. The van der Waals surface area contributed by atoms with Crippen LogP contribution in [0.25, 0.3) is 0 Å². The second-order valence-electron chi connectivity index (χ2n) is 4.76. The summed E-state index contributed by atoms with van der Waals surface area (Å²) in [6, 6.07) is 8.48. The third-order valence-corrected chi connectivity index (χ3v) is 2.95. The number of nitrogens with zero attached hydrogens (tertiary/aromatic N) is 2. The molecule has 20 heavy (non-hydrogen) atoms. The number of methoxy groups -OCH3 is 1. The number of guanidine groups is 1. The van der Waals surface area contributed by atoms with Crippen molar-refractivity contribution in [2.24, 2.45) is 4.99 Å². The number of rotatable bonds is 7. The minimum absolute atomic E-state index is 0.760. The van der Waals surface area contributed by atoms with E-state index in [0.717, 1.165) is 32.1 Å². The molecule has 0 unspecified atom stereocenters. The van der Waals surface area contributed by atoms with E-state index >= 15 is 0 Å². The van der Waals surface area contributed by atoms with Crippen molar-refractivity contribution in [2.75, 3.05) is 46.3 Å². The van der Waals surface area contributed by atoms with E-state index in [1.165, 1.54) is 11.3 Å². The van der Waals surface area contributed by atoms with Crippen molar-refractivity contribution in [1.82, 2.24) is 10.6 Å². The summed E-state index contributed by atoms with van der Waals surface area (Å²) in [4.78, 5) is 6.28. The van der Waals surface area contributed by atoms with E-state index in [4.69, 9.17) is 4.74 Å². The predicted octanol–water partition coefficient (Wildman–Crippen LogP) is 1.45. The maximum Gasteiger partial charge on any atom is 0.191 e. The lowest BCUT2D eigenvalue weighted by atomic mass is 10.2. The van der Waals surface area contributed by atoms with Gasteiger partial charge in [0.15, 0.2) is 5.96 Å². The molecule has 5 nitrogen and oxygen atoms in total. The van der Waals surface area contributed by atoms with Crippen LogP contribution >= 0.6 is 0 Å². The van der Waals surface area contributed by atoms with Crippen LogP contribution in [0.15, 0.2) is 29.3 Å². The van der Waals surface area contributed by atoms with Crippen LogP contribution < -0.4 is 15.5 Å². The van der Waals surface area contributed by atoms with E-state index in [-0.39, 0.29) is 0 Å². The van der Waals surface area contributed by atoms with Gasteiger partial charge in [-0.25, -0.2) is 0 Å². The number of ether oxygens (including phenoxy) is 1. The highest BCUT2D eigenvalue weighted by Gasteiger charge is 1.99. The van der Waals surface area contributed by atoms with Gasteiger partial charge in [-0.15, -0.1) is 0 Å². The quantitative estimate of drug-likeness (QED) is 0.450. The smallest absolute Gasteiger partial charge is 0.191 e. The van der Waals surface area contributed by atoms with Crippen molar-refractivity contribution in [3.8, 4) is 0 Å². The molecule has 5 heteroatoms. The third-order valence-electron chi connectivity index (χ3n) is 2.95. The Hall–Kier alpha value is -1.75. The second kappa shape index (κ2) is 9.20. The van der Waals surface area contributed by atoms with Crippen LogP contribution in [0.1, 0.15) is 12.0 Å². The lowest BCUT2D eigenvalue weighted by Gasteiger charge is -2.14. The molecule has 0 radical (unpaired) electrons. The van der Waals surface area contributed by atoms with Gasteiger partial charge in [-0.1, -0.05) is 12.1 Å². The Morgan fingerprint density at radius 3 is 2.45 bits per heavy atom. The monoisotopic (exact) mass is 278 g/mol. The van der Waals surface area contributed by atoms with Gasteiger partial charge < -0.3 is 20.3 Å². The first-order valence-corrected chi connectivity index (χ1v) is 6.87. The van der Waals surface area contributed by atoms with Crippen molar-refractivity contribution in [3.63, 3.8) is 0 Å². The second-order valence-corrected chi connectivity index (χ2v) is 4.76. The molecule has 0 aliphatic heterocycles. The molecule has 0 aromatic heterocycles. The Labute approximate surface area is 122 Å². The average molecular weight is 278 g/mol. The number of aliphatic imine (C=N–C) groups is 1. The van der Waals surface area contributed by atoms with Gasteiger partial charge in [-0.05, 0) is 24.1 Å². The van der Waals surface area contributed by atoms with Gasteiger partial charge in [0.25, 0.3) is 0 Å². The number of hydrogen-bond acceptors (Lipinski definition) is 3. The summed E-state index contributed by atoms with van der Waals surface area (Å²) in [7, 11) is 7.57. The summed E-state index contributed by atoms with van der Waals surface area (Å²) in [6.45, 7) is 2.38. The maximum absolute atomic E-state index is 5.01. The highest BCUT2D eigenvalue weighted by molar-refractivity contribution is 5.79. The highest BCUT2D eigenvalue weighted by atomic mass is 16.5. The highest BCUT2D eigenvalue weighted by Crippen LogP contribution is 2.11. The van der Waals surface area contributed by atoms with Crippen LogP contribution in [0.2, 0.25) is 0 Å². The molecule has 0 aliphatic rings. The maximum atomic E-state index is 5.01. The van der Waals surface area contributed by atoms with E-state index in [9.17, 15) is 0 Å². The summed E-state index contributed by atoms with van der Waals surface area (Å²) in [5, 5.41) is 6.55. The summed E-state index contributed by atoms with van der Waals surface area (Å²) >= 11 is 0. The first-order valence-electron chi connectivity index (χ1n) is 6.87. The van der Waals surface area contributed by atoms with Gasteiger partial charge in [0.05, 0.1) is 0 Å². The van der Waals surface area contributed by atoms with E-state index in [1.807, 2.05) is 14.1 Å². The zero-order valence-electron chi connectivity index (χ0n) is 12.9. The number of nitrogens with one attached hydrogen (secondary N) is 2. The molecule has 0 amide bonds. The van der Waals surface area contributed by atoms with Crippen LogP contribution in [0, 0.1) is 0 Å². The molecule has 1 aromatic carbocycles. The number of benzene rings is 1. The van der Waals surface area contributed by atoms with Gasteiger partial charge in [-0.3, -0.25) is 4.99 Å². The van der Waals surface area contributed by atoms with Crippen molar-refractivity contribution in [3.05, 3.63) is 29.8 Å². The third kappa shape index (κ3) is 5.93. The van der Waals surface area contributed by atoms with Gasteiger partial charge >= 0.3 is 0 Å². The van der Waals surface area contributed by atoms with Crippen LogP contribution in [-0.2, 0) is 11.3 Å². The van der Waals surface area contributed by atoms with E-state index in [2.05, 4.69) is 44.8 Å². The lowest BCUT2D eigenvalue weighted by Crippen LogP contribution is -2.37. The fourth-order valence-corrected chi connectivity index (χ4v) is 1.74. The van der Waals surface area contributed by atoms with E-state index in [1.54, 1.807) is 14.2 Å². The van der Waals surface area contributed by atoms with E-state index in [0.29, 0.717) is 0 Å². The van der Waals surface area contributed by atoms with E-state index < -0.39 is 0 Å². The van der Waals surface area contributed by atoms with Gasteiger partial charge in [0, 0.05) is 53.6 Å². The van der Waals surface area contributed by atoms with Gasteiger partial charge in [-0.2, -0.15) is 0 Å². The largest absolute Gasteiger partial charge is 0.385 e. The molecule has 0 saturated heterocycles. The molecule has 2 N–H and O–H groups in total. The predicted molar refractivity (Wildman–Crippen MR) is 85.5 cm³/mol. The Kier molecular flexibility index (Phi) is 7.50. The fourth-order valence-electron chi connectivity index (χ4n) is 1.74. The molecule has 0 bridgehead atoms. The topological polar surface area (TPSA) is 48.9 Å². The van der Waals surface area contributed by atoms with Crippen molar-refractivity contribution in [1.29, 1.82) is 0 Å². The Morgan fingerprint density at radius 1 is 1.20 bits per heavy atom. The zero-order chi connectivity index (χ0) is 14.8. The van der Waals surface area contributed by atoms with Crippen molar-refractivity contribution in [2.45, 2.75) is 13.0 Å². The summed E-state index contributed by atoms with van der Waals surface area (Å²) in [6.07, 6.45) is 0.967. The zero-order valence-corrected chi connectivity index (χ0v) is 12.9. The molecule has 112 valence electrons. The lowest BCUT2D eigenvalue weighted by molar-refractivity contribution is 0.195. The standard InChI is InChI=1S/C15H26N4O/c1-16-15(17-10-5-11-20-4)18-12-13-6-8-14(9-7-13)19(2)3/h6-9H,5,10-12H2,1-4H3,(H2,16,17,18). The minimum Gasteiger partial charge on any atom is -0.385 e. The van der Waals surface area contributed by atoms with Crippen LogP contribution in [0.5, 0.6) is 0 Å². The summed E-state index contributed by atoms with van der Waals surface area (Å²) in [5.74, 6) is 0.817. The molecule has 1 rings (SSSR count). The normalized spacial score (nSPS) is 11.3. The molecular weight excluding hydrogens is 252 g/mol. The average Bonchev–Trinajstić information content (AvgIpc) is 2.47.